The van der Waals surface area contributed by atoms with Crippen molar-refractivity contribution < 1.29 is 30.0 Å². The number of carboxylic acid groups (broad SMARTS) is 1. The molecule has 0 aromatic carbocycles. The van der Waals surface area contributed by atoms with Crippen molar-refractivity contribution in [1.82, 2.24) is 0 Å². The zero-order valence-electron chi connectivity index (χ0n) is 18.6. The van der Waals surface area contributed by atoms with Gasteiger partial charge in [0, 0.05) is 0 Å². The van der Waals surface area contributed by atoms with Gasteiger partial charge in [0.25, 0.3) is 5.79 Å². The molecule has 0 aromatic heterocycles. The molecule has 0 radical (unpaired) electrons. The normalized spacial score (nSPS) is 45.6. The molecular formula is C24H38O6. The van der Waals surface area contributed by atoms with Crippen molar-refractivity contribution in [2.45, 2.75) is 96.4 Å². The highest BCUT2D eigenvalue weighted by Crippen LogP contribution is 2.69. The van der Waals surface area contributed by atoms with Gasteiger partial charge >= 0.3 is 11.8 Å². The van der Waals surface area contributed by atoms with Gasteiger partial charge in [-0.15, -0.1) is 0 Å². The largest absolute Gasteiger partial charge is 0.475 e. The maximum absolute atomic E-state index is 12.0. The van der Waals surface area contributed by atoms with E-state index in [1.165, 1.54) is 45.4 Å². The van der Waals surface area contributed by atoms with Gasteiger partial charge in [-0.1, -0.05) is 26.7 Å². The molecule has 30 heavy (non-hydrogen) atoms. The van der Waals surface area contributed by atoms with Crippen LogP contribution in [0.3, 0.4) is 0 Å². The van der Waals surface area contributed by atoms with Crippen molar-refractivity contribution in [3.05, 3.63) is 0 Å². The Labute approximate surface area is 179 Å². The highest BCUT2D eigenvalue weighted by molar-refractivity contribution is 6.35. The fraction of sp³-hybridized carbons (Fsp3) is 0.917. The van der Waals surface area contributed by atoms with Gasteiger partial charge in [0.2, 0.25) is 0 Å². The Morgan fingerprint density at radius 2 is 1.50 bits per heavy atom. The maximum atomic E-state index is 12.0. The van der Waals surface area contributed by atoms with Crippen LogP contribution in [0.15, 0.2) is 0 Å². The SMILES string of the molecule is C[C@]12CC[C@H]3[C@@H](CCC4CCCC[C@@]43C)[C@@H]1CC[C@@H]2[C@@](C)(O)C(O)(O)C(=O)C(=O)O. The van der Waals surface area contributed by atoms with Crippen molar-refractivity contribution in [2.75, 3.05) is 0 Å². The minimum Gasteiger partial charge on any atom is -0.475 e. The fourth-order valence-corrected chi connectivity index (χ4v) is 8.84. The summed E-state index contributed by atoms with van der Waals surface area (Å²) in [5, 5.41) is 41.1. The van der Waals surface area contributed by atoms with Crippen LogP contribution in [0.2, 0.25) is 0 Å². The average molecular weight is 423 g/mol. The molecule has 6 heteroatoms. The number of rotatable bonds is 4. The number of hydrogen-bond donors (Lipinski definition) is 4. The molecule has 170 valence electrons. The first-order valence-electron chi connectivity index (χ1n) is 11.8. The summed E-state index contributed by atoms with van der Waals surface area (Å²) < 4.78 is 0. The van der Waals surface area contributed by atoms with E-state index in [0.29, 0.717) is 29.6 Å². The first-order valence-corrected chi connectivity index (χ1v) is 11.8. The third-order valence-corrected chi connectivity index (χ3v) is 10.5. The third-order valence-electron chi connectivity index (χ3n) is 10.5. The second kappa shape index (κ2) is 7.01. The van der Waals surface area contributed by atoms with Crippen LogP contribution in [0.4, 0.5) is 0 Å². The third kappa shape index (κ3) is 2.86. The summed E-state index contributed by atoms with van der Waals surface area (Å²) in [6, 6.07) is 0. The van der Waals surface area contributed by atoms with Gasteiger partial charge in [-0.05, 0) is 98.7 Å². The quantitative estimate of drug-likeness (QED) is 0.409. The molecule has 0 spiro atoms. The van der Waals surface area contributed by atoms with Crippen LogP contribution in [0, 0.1) is 40.4 Å². The summed E-state index contributed by atoms with van der Waals surface area (Å²) in [5.41, 5.74) is -2.16. The number of fused-ring (bicyclic) bond motifs is 5. The molecule has 0 bridgehead atoms. The lowest BCUT2D eigenvalue weighted by Crippen LogP contribution is -2.66. The van der Waals surface area contributed by atoms with Crippen LogP contribution in [0.25, 0.3) is 0 Å². The molecule has 4 aliphatic rings. The van der Waals surface area contributed by atoms with E-state index in [2.05, 4.69) is 13.8 Å². The molecule has 0 aliphatic heterocycles. The van der Waals surface area contributed by atoms with Gasteiger partial charge in [-0.3, -0.25) is 4.79 Å². The Morgan fingerprint density at radius 3 is 2.17 bits per heavy atom. The van der Waals surface area contributed by atoms with E-state index in [9.17, 15) is 24.9 Å². The Bertz CT molecular complexity index is 729. The standard InChI is InChI=1S/C24H38O6/c1-21-12-5-4-6-14(21)7-8-15-16-9-10-18(22(16,2)13-11-17(15)21)23(3,28)24(29,30)19(25)20(26)27/h14-18,28-30H,4-13H2,1-3H3,(H,26,27)/t14?,15-,16-,17-,18-,21-,22-,23+/m0/s1. The second-order valence-corrected chi connectivity index (χ2v) is 11.5. The molecule has 1 unspecified atom stereocenters. The number of hydrogen-bond acceptors (Lipinski definition) is 5. The number of Topliss-reactive ketones (excluding diaryl/α,β-unsaturated/α-hetero) is 1. The number of aliphatic carboxylic acids is 1. The van der Waals surface area contributed by atoms with Crippen LogP contribution >= 0.6 is 0 Å². The first kappa shape index (κ1) is 22.2. The van der Waals surface area contributed by atoms with Gasteiger partial charge in [0.05, 0.1) is 0 Å². The zero-order chi connectivity index (χ0) is 22.1. The summed E-state index contributed by atoms with van der Waals surface area (Å²) in [7, 11) is 0. The molecular weight excluding hydrogens is 384 g/mol. The van der Waals surface area contributed by atoms with Gasteiger partial charge in [-0.25, -0.2) is 4.79 Å². The Balaban J connectivity index is 1.63. The lowest BCUT2D eigenvalue weighted by atomic mass is 9.44. The number of carbonyl (C=O) groups is 2. The minimum absolute atomic E-state index is 0.335. The molecule has 4 fully saturated rings. The topological polar surface area (TPSA) is 115 Å². The van der Waals surface area contributed by atoms with Crippen molar-refractivity contribution >= 4 is 11.8 Å². The van der Waals surface area contributed by atoms with E-state index in [1.807, 2.05) is 0 Å². The molecule has 4 saturated carbocycles. The molecule has 0 saturated heterocycles. The number of aliphatic hydroxyl groups is 3. The van der Waals surface area contributed by atoms with Gasteiger partial charge in [0.15, 0.2) is 0 Å². The Hall–Kier alpha value is -0.980. The van der Waals surface area contributed by atoms with Gasteiger partial charge in [-0.2, -0.15) is 0 Å². The van der Waals surface area contributed by atoms with Gasteiger partial charge < -0.3 is 20.4 Å². The lowest BCUT2D eigenvalue weighted by Gasteiger charge is -2.61. The molecule has 0 heterocycles. The second-order valence-electron chi connectivity index (χ2n) is 11.5. The molecule has 6 nitrogen and oxygen atoms in total. The average Bonchev–Trinajstić information content (AvgIpc) is 3.04. The number of carbonyl (C=O) groups excluding carboxylic acids is 1. The summed E-state index contributed by atoms with van der Waals surface area (Å²) in [6.45, 7) is 5.85. The smallest absolute Gasteiger partial charge is 0.378 e. The first-order chi connectivity index (χ1) is 13.9. The van der Waals surface area contributed by atoms with Crippen molar-refractivity contribution in [1.29, 1.82) is 0 Å². The van der Waals surface area contributed by atoms with Crippen molar-refractivity contribution in [3.63, 3.8) is 0 Å². The summed E-state index contributed by atoms with van der Waals surface area (Å²) >= 11 is 0. The number of ketones is 1. The van der Waals surface area contributed by atoms with E-state index in [4.69, 9.17) is 5.11 Å². The molecule has 0 amide bonds. The minimum atomic E-state index is -3.30. The van der Waals surface area contributed by atoms with Crippen LogP contribution < -0.4 is 0 Å². The van der Waals surface area contributed by atoms with Gasteiger partial charge in [0.1, 0.15) is 5.60 Å². The van der Waals surface area contributed by atoms with E-state index in [-0.39, 0.29) is 5.41 Å². The highest BCUT2D eigenvalue weighted by atomic mass is 16.5. The lowest BCUT2D eigenvalue weighted by molar-refractivity contribution is -0.280. The molecule has 4 N–H and O–H groups in total. The van der Waals surface area contributed by atoms with Crippen molar-refractivity contribution in [3.8, 4) is 0 Å². The van der Waals surface area contributed by atoms with Crippen LogP contribution in [-0.4, -0.2) is 43.6 Å². The summed E-state index contributed by atoms with van der Waals surface area (Å²) in [5.74, 6) is -5.12. The monoisotopic (exact) mass is 422 g/mol. The van der Waals surface area contributed by atoms with E-state index < -0.39 is 29.1 Å². The molecule has 4 aliphatic carbocycles. The highest BCUT2D eigenvalue weighted by Gasteiger charge is 2.67. The Morgan fingerprint density at radius 1 is 0.833 bits per heavy atom. The van der Waals surface area contributed by atoms with Crippen LogP contribution in [-0.2, 0) is 9.59 Å². The Kier molecular flexibility index (Phi) is 5.19. The predicted octanol–water partition coefficient (Wildman–Crippen LogP) is 3.12. The summed E-state index contributed by atoms with van der Waals surface area (Å²) in [4.78, 5) is 23.1. The fourth-order valence-electron chi connectivity index (χ4n) is 8.84. The van der Waals surface area contributed by atoms with Crippen LogP contribution in [0.5, 0.6) is 0 Å². The molecule has 4 rings (SSSR count). The number of carboxylic acids is 1. The maximum Gasteiger partial charge on any atom is 0.378 e. The molecule has 0 aromatic rings. The predicted molar refractivity (Wildman–Crippen MR) is 110 cm³/mol. The van der Waals surface area contributed by atoms with E-state index in [0.717, 1.165) is 25.2 Å². The van der Waals surface area contributed by atoms with Crippen molar-refractivity contribution in [2.24, 2.45) is 40.4 Å². The van der Waals surface area contributed by atoms with E-state index in [1.54, 1.807) is 0 Å². The molecule has 8 atom stereocenters. The van der Waals surface area contributed by atoms with E-state index >= 15 is 0 Å². The zero-order valence-corrected chi connectivity index (χ0v) is 18.6. The summed E-state index contributed by atoms with van der Waals surface area (Å²) in [6.07, 6.45) is 11.1. The van der Waals surface area contributed by atoms with Crippen LogP contribution in [0.1, 0.15) is 85.0 Å².